The monoisotopic (exact) mass is 315 g/mol. The number of nitrogens with zero attached hydrogens (tertiary/aromatic N) is 2. The molecule has 1 aromatic rings. The van der Waals surface area contributed by atoms with Crippen LogP contribution in [0.3, 0.4) is 0 Å². The van der Waals surface area contributed by atoms with Crippen molar-refractivity contribution in [3.05, 3.63) is 33.9 Å². The summed E-state index contributed by atoms with van der Waals surface area (Å²) in [6, 6.07) is 3.64. The normalized spacial score (nSPS) is 21.0. The van der Waals surface area contributed by atoms with E-state index in [0.29, 0.717) is 19.6 Å². The molecule has 0 radical (unpaired) electrons. The van der Waals surface area contributed by atoms with Gasteiger partial charge < -0.3 is 15.7 Å². The summed E-state index contributed by atoms with van der Waals surface area (Å²) in [6.45, 7) is 3.68. The largest absolute Gasteiger partial charge is 0.502 e. The predicted molar refractivity (Wildman–Crippen MR) is 79.7 cm³/mol. The van der Waals surface area contributed by atoms with Gasteiger partial charge >= 0.3 is 5.69 Å². The number of rotatable bonds is 3. The quantitative estimate of drug-likeness (QED) is 0.649. The van der Waals surface area contributed by atoms with E-state index in [-0.39, 0.29) is 29.3 Å². The van der Waals surface area contributed by atoms with Crippen LogP contribution in [0.15, 0.2) is 18.2 Å². The average Bonchev–Trinajstić information content (AvgIpc) is 2.81. The van der Waals surface area contributed by atoms with E-state index in [9.17, 15) is 20.0 Å². The van der Waals surface area contributed by atoms with E-state index in [2.05, 4.69) is 0 Å². The van der Waals surface area contributed by atoms with Crippen molar-refractivity contribution < 1.29 is 14.8 Å². The van der Waals surface area contributed by atoms with Gasteiger partial charge in [0.25, 0.3) is 5.91 Å². The second kappa shape index (κ2) is 6.28. The van der Waals surface area contributed by atoms with Crippen molar-refractivity contribution in [3.63, 3.8) is 0 Å². The Labute approximate surface area is 128 Å². The Balaban J connectivity index is 0.00000220. The molecule has 0 saturated carbocycles. The van der Waals surface area contributed by atoms with Crippen LogP contribution in [0.5, 0.6) is 5.75 Å². The number of nitro groups is 1. The summed E-state index contributed by atoms with van der Waals surface area (Å²) in [5, 5.41) is 20.2. The Hall–Kier alpha value is -1.86. The molecule has 1 aliphatic heterocycles. The molecule has 116 valence electrons. The molecule has 1 amide bonds. The molecule has 1 atom stereocenters. The zero-order chi connectivity index (χ0) is 14.9. The maximum atomic E-state index is 12.3. The highest BCUT2D eigenvalue weighted by molar-refractivity contribution is 5.95. The van der Waals surface area contributed by atoms with E-state index in [0.717, 1.165) is 18.6 Å². The van der Waals surface area contributed by atoms with Crippen LogP contribution in [0.2, 0.25) is 0 Å². The first-order chi connectivity index (χ1) is 9.36. The standard InChI is InChI=1S/C13H17N3O4.ClH/c1-13(7-14)4-5-15(8-13)12(18)9-2-3-10(16(19)20)11(17)6-9;/h2-3,6,17H,4-5,7-8,14H2,1H3;1H. The van der Waals surface area contributed by atoms with Gasteiger partial charge in [0.05, 0.1) is 4.92 Å². The minimum atomic E-state index is -0.690. The van der Waals surface area contributed by atoms with Gasteiger partial charge in [-0.15, -0.1) is 12.4 Å². The lowest BCUT2D eigenvalue weighted by molar-refractivity contribution is -0.385. The van der Waals surface area contributed by atoms with E-state index < -0.39 is 16.4 Å². The van der Waals surface area contributed by atoms with Gasteiger partial charge in [-0.1, -0.05) is 6.92 Å². The van der Waals surface area contributed by atoms with Crippen LogP contribution in [0.1, 0.15) is 23.7 Å². The smallest absolute Gasteiger partial charge is 0.310 e. The number of likely N-dealkylation sites (tertiary alicyclic amines) is 1. The molecule has 3 N–H and O–H groups in total. The Bertz CT molecular complexity index is 566. The second-order valence-electron chi connectivity index (χ2n) is 5.45. The van der Waals surface area contributed by atoms with Crippen molar-refractivity contribution in [2.45, 2.75) is 13.3 Å². The summed E-state index contributed by atoms with van der Waals surface area (Å²) >= 11 is 0. The van der Waals surface area contributed by atoms with Gasteiger partial charge in [0.15, 0.2) is 5.75 Å². The van der Waals surface area contributed by atoms with E-state index in [1.807, 2.05) is 6.92 Å². The molecular weight excluding hydrogens is 298 g/mol. The number of hydrogen-bond acceptors (Lipinski definition) is 5. The molecule has 21 heavy (non-hydrogen) atoms. The number of halogens is 1. The highest BCUT2D eigenvalue weighted by Crippen LogP contribution is 2.31. The first-order valence-corrected chi connectivity index (χ1v) is 6.33. The first-order valence-electron chi connectivity index (χ1n) is 6.33. The fourth-order valence-corrected chi connectivity index (χ4v) is 2.36. The van der Waals surface area contributed by atoms with Crippen LogP contribution in [0, 0.1) is 15.5 Å². The van der Waals surface area contributed by atoms with E-state index in [4.69, 9.17) is 5.73 Å². The number of aromatic hydroxyl groups is 1. The lowest BCUT2D eigenvalue weighted by Crippen LogP contribution is -2.34. The molecule has 1 heterocycles. The Morgan fingerprint density at radius 2 is 2.24 bits per heavy atom. The van der Waals surface area contributed by atoms with E-state index >= 15 is 0 Å². The van der Waals surface area contributed by atoms with Gasteiger partial charge in [0, 0.05) is 24.7 Å². The van der Waals surface area contributed by atoms with Crippen LogP contribution in [0.4, 0.5) is 5.69 Å². The third kappa shape index (κ3) is 3.43. The minimum Gasteiger partial charge on any atom is -0.502 e. The summed E-state index contributed by atoms with van der Waals surface area (Å²) in [7, 11) is 0. The number of phenols is 1. The van der Waals surface area contributed by atoms with Crippen molar-refractivity contribution in [1.82, 2.24) is 4.90 Å². The molecule has 0 bridgehead atoms. The van der Waals surface area contributed by atoms with Gasteiger partial charge in [-0.25, -0.2) is 0 Å². The van der Waals surface area contributed by atoms with Crippen LogP contribution >= 0.6 is 12.4 Å². The van der Waals surface area contributed by atoms with Gasteiger partial charge in [-0.2, -0.15) is 0 Å². The maximum absolute atomic E-state index is 12.3. The molecule has 0 aliphatic carbocycles. The molecule has 1 aromatic carbocycles. The van der Waals surface area contributed by atoms with Crippen molar-refractivity contribution in [1.29, 1.82) is 0 Å². The number of phenolic OH excluding ortho intramolecular Hbond substituents is 1. The average molecular weight is 316 g/mol. The predicted octanol–water partition coefficient (Wildman–Crippen LogP) is 1.53. The Morgan fingerprint density at radius 1 is 1.57 bits per heavy atom. The zero-order valence-corrected chi connectivity index (χ0v) is 12.4. The first kappa shape index (κ1) is 17.2. The number of nitro benzene ring substituents is 1. The molecule has 1 aliphatic rings. The molecular formula is C13H18ClN3O4. The highest BCUT2D eigenvalue weighted by atomic mass is 35.5. The van der Waals surface area contributed by atoms with Gasteiger partial charge in [-0.05, 0) is 30.5 Å². The number of amides is 1. The minimum absolute atomic E-state index is 0. The molecule has 1 unspecified atom stereocenters. The molecule has 8 heteroatoms. The number of benzene rings is 1. The van der Waals surface area contributed by atoms with Gasteiger partial charge in [0.1, 0.15) is 0 Å². The lowest BCUT2D eigenvalue weighted by atomic mass is 9.90. The molecule has 2 rings (SSSR count). The van der Waals surface area contributed by atoms with E-state index in [1.54, 1.807) is 4.90 Å². The zero-order valence-electron chi connectivity index (χ0n) is 11.6. The Kier molecular flexibility index (Phi) is 5.14. The fraction of sp³-hybridized carbons (Fsp3) is 0.462. The van der Waals surface area contributed by atoms with Crippen LogP contribution in [0.25, 0.3) is 0 Å². The number of carbonyl (C=O) groups is 1. The highest BCUT2D eigenvalue weighted by Gasteiger charge is 2.35. The number of carbonyl (C=O) groups excluding carboxylic acids is 1. The SMILES string of the molecule is CC1(CN)CCN(C(=O)c2ccc([N+](=O)[O-])c(O)c2)C1.Cl. The molecule has 1 saturated heterocycles. The summed E-state index contributed by atoms with van der Waals surface area (Å²) in [6.07, 6.45) is 0.828. The third-order valence-electron chi connectivity index (χ3n) is 3.76. The van der Waals surface area contributed by atoms with Crippen molar-refractivity contribution in [3.8, 4) is 5.75 Å². The molecule has 0 spiro atoms. The van der Waals surface area contributed by atoms with Crippen LogP contribution in [-0.2, 0) is 0 Å². The topological polar surface area (TPSA) is 110 Å². The number of nitrogens with two attached hydrogens (primary N) is 1. The number of hydrogen-bond donors (Lipinski definition) is 2. The van der Waals surface area contributed by atoms with Crippen molar-refractivity contribution in [2.24, 2.45) is 11.1 Å². The van der Waals surface area contributed by atoms with Gasteiger partial charge in [-0.3, -0.25) is 14.9 Å². The van der Waals surface area contributed by atoms with Crippen LogP contribution < -0.4 is 5.73 Å². The summed E-state index contributed by atoms with van der Waals surface area (Å²) < 4.78 is 0. The fourth-order valence-electron chi connectivity index (χ4n) is 2.36. The van der Waals surface area contributed by atoms with Crippen molar-refractivity contribution in [2.75, 3.05) is 19.6 Å². The summed E-state index contributed by atoms with van der Waals surface area (Å²) in [5.41, 5.74) is 5.45. The maximum Gasteiger partial charge on any atom is 0.310 e. The van der Waals surface area contributed by atoms with Crippen LogP contribution in [-0.4, -0.2) is 40.5 Å². The lowest BCUT2D eigenvalue weighted by Gasteiger charge is -2.22. The Morgan fingerprint density at radius 3 is 2.71 bits per heavy atom. The molecule has 7 nitrogen and oxygen atoms in total. The van der Waals surface area contributed by atoms with Gasteiger partial charge in [0.2, 0.25) is 0 Å². The molecule has 1 fully saturated rings. The van der Waals surface area contributed by atoms with E-state index in [1.165, 1.54) is 6.07 Å². The summed E-state index contributed by atoms with van der Waals surface area (Å²) in [5.74, 6) is -0.742. The second-order valence-corrected chi connectivity index (χ2v) is 5.45. The summed E-state index contributed by atoms with van der Waals surface area (Å²) in [4.78, 5) is 23.9. The third-order valence-corrected chi connectivity index (χ3v) is 3.76. The van der Waals surface area contributed by atoms with Crippen molar-refractivity contribution >= 4 is 24.0 Å². The molecule has 0 aromatic heterocycles.